The summed E-state index contributed by atoms with van der Waals surface area (Å²) in [6.07, 6.45) is 4.78. The third kappa shape index (κ3) is 4.14. The maximum Gasteiger partial charge on any atom is 0.257 e. The molecule has 2 aromatic rings. The Hall–Kier alpha value is -2.69. The van der Waals surface area contributed by atoms with Crippen LogP contribution < -0.4 is 5.32 Å². The number of nitrogens with one attached hydrogen (secondary N) is 1. The predicted molar refractivity (Wildman–Crippen MR) is 83.0 cm³/mol. The van der Waals surface area contributed by atoms with Crippen molar-refractivity contribution in [1.29, 1.82) is 0 Å². The molecule has 0 saturated carbocycles. The molecule has 5 heteroatoms. The molecule has 0 unspecified atom stereocenters. The molecule has 0 saturated heterocycles. The second kappa shape index (κ2) is 7.19. The monoisotopic (exact) mass is 282 g/mol. The summed E-state index contributed by atoms with van der Waals surface area (Å²) in [7, 11) is 1.76. The van der Waals surface area contributed by atoms with Crippen molar-refractivity contribution in [2.24, 2.45) is 0 Å². The van der Waals surface area contributed by atoms with E-state index in [1.165, 1.54) is 12.4 Å². The molecule has 0 spiro atoms. The summed E-state index contributed by atoms with van der Waals surface area (Å²) < 4.78 is 0. The molecule has 2 rings (SSSR count). The zero-order valence-corrected chi connectivity index (χ0v) is 12.0. The number of hydrogen-bond acceptors (Lipinski definition) is 4. The minimum Gasteiger partial charge on any atom is -0.351 e. The minimum absolute atomic E-state index is 0.103. The Bertz CT molecular complexity index is 595. The molecule has 0 atom stereocenters. The quantitative estimate of drug-likeness (QED) is 0.826. The van der Waals surface area contributed by atoms with Crippen molar-refractivity contribution >= 4 is 11.9 Å². The van der Waals surface area contributed by atoms with Gasteiger partial charge in [-0.2, -0.15) is 0 Å². The molecule has 1 heterocycles. The first-order valence-corrected chi connectivity index (χ1v) is 6.67. The van der Waals surface area contributed by atoms with Crippen molar-refractivity contribution in [3.05, 3.63) is 66.5 Å². The SMILES string of the molecule is C=CCNc1ncc(C(=O)N(C)Cc2ccccc2)cn1. The van der Waals surface area contributed by atoms with Gasteiger partial charge in [0.25, 0.3) is 5.91 Å². The highest BCUT2D eigenvalue weighted by atomic mass is 16.2. The first-order valence-electron chi connectivity index (χ1n) is 6.67. The van der Waals surface area contributed by atoms with Crippen LogP contribution in [-0.4, -0.2) is 34.4 Å². The van der Waals surface area contributed by atoms with Crippen molar-refractivity contribution in [3.63, 3.8) is 0 Å². The standard InChI is InChI=1S/C16H18N4O/c1-3-9-17-16-18-10-14(11-19-16)15(21)20(2)12-13-7-5-4-6-8-13/h3-8,10-11H,1,9,12H2,2H3,(H,17,18,19). The van der Waals surface area contributed by atoms with Crippen LogP contribution in [0.5, 0.6) is 0 Å². The third-order valence-electron chi connectivity index (χ3n) is 2.91. The van der Waals surface area contributed by atoms with Gasteiger partial charge in [0.2, 0.25) is 5.95 Å². The number of amides is 1. The van der Waals surface area contributed by atoms with E-state index in [0.29, 0.717) is 24.6 Å². The van der Waals surface area contributed by atoms with E-state index in [0.717, 1.165) is 5.56 Å². The van der Waals surface area contributed by atoms with E-state index in [9.17, 15) is 4.79 Å². The van der Waals surface area contributed by atoms with Gasteiger partial charge in [-0.3, -0.25) is 4.79 Å². The lowest BCUT2D eigenvalue weighted by atomic mass is 10.2. The third-order valence-corrected chi connectivity index (χ3v) is 2.91. The maximum atomic E-state index is 12.3. The number of aromatic nitrogens is 2. The molecule has 0 aliphatic heterocycles. The first-order chi connectivity index (χ1) is 10.2. The Labute approximate surface area is 124 Å². The van der Waals surface area contributed by atoms with Gasteiger partial charge in [0.1, 0.15) is 0 Å². The number of rotatable bonds is 6. The molecule has 21 heavy (non-hydrogen) atoms. The van der Waals surface area contributed by atoms with E-state index in [-0.39, 0.29) is 5.91 Å². The van der Waals surface area contributed by atoms with Crippen molar-refractivity contribution in [1.82, 2.24) is 14.9 Å². The fourth-order valence-electron chi connectivity index (χ4n) is 1.84. The number of carbonyl (C=O) groups is 1. The van der Waals surface area contributed by atoms with Gasteiger partial charge in [-0.05, 0) is 5.56 Å². The van der Waals surface area contributed by atoms with Crippen LogP contribution in [0, 0.1) is 0 Å². The van der Waals surface area contributed by atoms with Crippen LogP contribution in [0.2, 0.25) is 0 Å². The minimum atomic E-state index is -0.103. The van der Waals surface area contributed by atoms with E-state index in [1.54, 1.807) is 18.0 Å². The molecule has 0 aliphatic rings. The van der Waals surface area contributed by atoms with Gasteiger partial charge in [0, 0.05) is 32.5 Å². The molecular weight excluding hydrogens is 264 g/mol. The van der Waals surface area contributed by atoms with Crippen LogP contribution in [0.15, 0.2) is 55.4 Å². The van der Waals surface area contributed by atoms with E-state index in [1.807, 2.05) is 30.3 Å². The molecule has 1 amide bonds. The van der Waals surface area contributed by atoms with Crippen molar-refractivity contribution in [3.8, 4) is 0 Å². The van der Waals surface area contributed by atoms with Gasteiger partial charge in [-0.15, -0.1) is 6.58 Å². The number of benzene rings is 1. The molecule has 108 valence electrons. The van der Waals surface area contributed by atoms with E-state index >= 15 is 0 Å². The smallest absolute Gasteiger partial charge is 0.257 e. The summed E-state index contributed by atoms with van der Waals surface area (Å²) in [5.41, 5.74) is 1.55. The lowest BCUT2D eigenvalue weighted by molar-refractivity contribution is 0.0784. The maximum absolute atomic E-state index is 12.3. The predicted octanol–water partition coefficient (Wildman–Crippen LogP) is 2.35. The van der Waals surface area contributed by atoms with Gasteiger partial charge < -0.3 is 10.2 Å². The summed E-state index contributed by atoms with van der Waals surface area (Å²) in [6, 6.07) is 9.84. The van der Waals surface area contributed by atoms with Gasteiger partial charge >= 0.3 is 0 Å². The molecule has 0 radical (unpaired) electrons. The summed E-state index contributed by atoms with van der Waals surface area (Å²) in [4.78, 5) is 22.1. The van der Waals surface area contributed by atoms with Gasteiger partial charge in [-0.1, -0.05) is 36.4 Å². The van der Waals surface area contributed by atoms with Gasteiger partial charge in [0.05, 0.1) is 5.56 Å². The summed E-state index contributed by atoms with van der Waals surface area (Å²) in [5, 5.41) is 2.96. The molecule has 0 aliphatic carbocycles. The van der Waals surface area contributed by atoms with Gasteiger partial charge in [0.15, 0.2) is 0 Å². The fraction of sp³-hybridized carbons (Fsp3) is 0.188. The largest absolute Gasteiger partial charge is 0.351 e. The molecule has 1 N–H and O–H groups in total. The highest BCUT2D eigenvalue weighted by Crippen LogP contribution is 2.08. The number of anilines is 1. The van der Waals surface area contributed by atoms with Crippen molar-refractivity contribution in [2.45, 2.75) is 6.54 Å². The van der Waals surface area contributed by atoms with Crippen LogP contribution in [0.4, 0.5) is 5.95 Å². The first kappa shape index (κ1) is 14.7. The molecule has 0 fully saturated rings. The second-order valence-electron chi connectivity index (χ2n) is 4.61. The Kier molecular flexibility index (Phi) is 5.04. The van der Waals surface area contributed by atoms with Crippen LogP contribution in [0.1, 0.15) is 15.9 Å². The lowest BCUT2D eigenvalue weighted by Gasteiger charge is -2.17. The summed E-state index contributed by atoms with van der Waals surface area (Å²) in [5.74, 6) is 0.381. The van der Waals surface area contributed by atoms with Crippen molar-refractivity contribution < 1.29 is 4.79 Å². The zero-order chi connectivity index (χ0) is 15.1. The Balaban J connectivity index is 2.00. The normalized spacial score (nSPS) is 9.95. The van der Waals surface area contributed by atoms with E-state index in [4.69, 9.17) is 0 Å². The molecular formula is C16H18N4O. The van der Waals surface area contributed by atoms with E-state index < -0.39 is 0 Å². The highest BCUT2D eigenvalue weighted by molar-refractivity contribution is 5.93. The lowest BCUT2D eigenvalue weighted by Crippen LogP contribution is -2.26. The van der Waals surface area contributed by atoms with Gasteiger partial charge in [-0.25, -0.2) is 9.97 Å². The highest BCUT2D eigenvalue weighted by Gasteiger charge is 2.13. The Morgan fingerprint density at radius 3 is 2.57 bits per heavy atom. The number of carbonyl (C=O) groups excluding carboxylic acids is 1. The van der Waals surface area contributed by atoms with Crippen molar-refractivity contribution in [2.75, 3.05) is 18.9 Å². The Morgan fingerprint density at radius 2 is 1.95 bits per heavy atom. The summed E-state index contributed by atoms with van der Waals surface area (Å²) in [6.45, 7) is 4.74. The fourth-order valence-corrected chi connectivity index (χ4v) is 1.84. The van der Waals surface area contributed by atoms with Crippen LogP contribution in [0.3, 0.4) is 0 Å². The molecule has 1 aromatic carbocycles. The van der Waals surface area contributed by atoms with E-state index in [2.05, 4.69) is 21.9 Å². The van der Waals surface area contributed by atoms with Crippen LogP contribution >= 0.6 is 0 Å². The number of nitrogens with zero attached hydrogens (tertiary/aromatic N) is 3. The molecule has 0 bridgehead atoms. The van der Waals surface area contributed by atoms with Crippen LogP contribution in [-0.2, 0) is 6.54 Å². The van der Waals surface area contributed by atoms with Crippen LogP contribution in [0.25, 0.3) is 0 Å². The molecule has 1 aromatic heterocycles. The Morgan fingerprint density at radius 1 is 1.29 bits per heavy atom. The zero-order valence-electron chi connectivity index (χ0n) is 12.0. The average molecular weight is 282 g/mol. The number of hydrogen-bond donors (Lipinski definition) is 1. The average Bonchev–Trinajstić information content (AvgIpc) is 2.53. The summed E-state index contributed by atoms with van der Waals surface area (Å²) >= 11 is 0. The molecule has 5 nitrogen and oxygen atoms in total. The topological polar surface area (TPSA) is 58.1 Å². The second-order valence-corrected chi connectivity index (χ2v) is 4.61.